The first kappa shape index (κ1) is 14.8. The Labute approximate surface area is 130 Å². The molecule has 1 amide bonds. The van der Waals surface area contributed by atoms with Crippen molar-refractivity contribution in [2.75, 3.05) is 4.90 Å². The summed E-state index contributed by atoms with van der Waals surface area (Å²) in [5.41, 5.74) is 2.27. The molecule has 2 heterocycles. The molecule has 0 fully saturated rings. The third kappa shape index (κ3) is 2.75. The SMILES string of the molecule is CC(C)c1noc(CCC(=O)N2c3ccccc3C[C@H]2C)n1. The van der Waals surface area contributed by atoms with Crippen molar-refractivity contribution in [2.45, 2.75) is 52.0 Å². The number of hydrogen-bond acceptors (Lipinski definition) is 4. The average molecular weight is 299 g/mol. The van der Waals surface area contributed by atoms with Crippen LogP contribution in [0.1, 0.15) is 50.4 Å². The molecule has 1 aliphatic heterocycles. The second kappa shape index (κ2) is 5.91. The Kier molecular flexibility index (Phi) is 3.96. The van der Waals surface area contributed by atoms with E-state index in [0.29, 0.717) is 24.6 Å². The molecule has 1 aromatic carbocycles. The molecule has 2 aromatic rings. The molecule has 5 nitrogen and oxygen atoms in total. The number of aryl methyl sites for hydroxylation is 1. The molecule has 5 heteroatoms. The van der Waals surface area contributed by atoms with Crippen molar-refractivity contribution in [3.63, 3.8) is 0 Å². The van der Waals surface area contributed by atoms with Gasteiger partial charge >= 0.3 is 0 Å². The third-order valence-corrected chi connectivity index (χ3v) is 4.03. The molecule has 0 unspecified atom stereocenters. The van der Waals surface area contributed by atoms with Gasteiger partial charge in [0, 0.05) is 30.5 Å². The topological polar surface area (TPSA) is 59.2 Å². The second-order valence-electron chi connectivity index (χ2n) is 6.15. The van der Waals surface area contributed by atoms with Crippen molar-refractivity contribution in [2.24, 2.45) is 0 Å². The predicted molar refractivity (Wildman–Crippen MR) is 83.8 cm³/mol. The minimum absolute atomic E-state index is 0.113. The van der Waals surface area contributed by atoms with Crippen LogP contribution in [0, 0.1) is 0 Å². The smallest absolute Gasteiger partial charge is 0.227 e. The maximum absolute atomic E-state index is 12.6. The van der Waals surface area contributed by atoms with Gasteiger partial charge in [-0.05, 0) is 25.0 Å². The number of amides is 1. The number of nitrogens with zero attached hydrogens (tertiary/aromatic N) is 3. The zero-order valence-corrected chi connectivity index (χ0v) is 13.2. The fraction of sp³-hybridized carbons (Fsp3) is 0.471. The lowest BCUT2D eigenvalue weighted by molar-refractivity contribution is -0.118. The highest BCUT2D eigenvalue weighted by atomic mass is 16.5. The van der Waals surface area contributed by atoms with Gasteiger partial charge < -0.3 is 9.42 Å². The van der Waals surface area contributed by atoms with Crippen LogP contribution in [0.4, 0.5) is 5.69 Å². The Bertz CT molecular complexity index is 678. The molecule has 0 bridgehead atoms. The van der Waals surface area contributed by atoms with Crippen LogP contribution in [0.3, 0.4) is 0 Å². The quantitative estimate of drug-likeness (QED) is 0.870. The van der Waals surface area contributed by atoms with E-state index in [1.54, 1.807) is 0 Å². The van der Waals surface area contributed by atoms with E-state index in [-0.39, 0.29) is 17.9 Å². The van der Waals surface area contributed by atoms with Gasteiger partial charge in [0.2, 0.25) is 11.8 Å². The van der Waals surface area contributed by atoms with E-state index in [0.717, 1.165) is 12.1 Å². The molecule has 0 aliphatic carbocycles. The Morgan fingerprint density at radius 1 is 1.41 bits per heavy atom. The molecular weight excluding hydrogens is 278 g/mol. The summed E-state index contributed by atoms with van der Waals surface area (Å²) in [6, 6.07) is 8.31. The maximum Gasteiger partial charge on any atom is 0.227 e. The number of fused-ring (bicyclic) bond motifs is 1. The molecule has 0 saturated carbocycles. The highest BCUT2D eigenvalue weighted by Crippen LogP contribution is 2.32. The minimum atomic E-state index is 0.113. The van der Waals surface area contributed by atoms with Gasteiger partial charge in [-0.25, -0.2) is 0 Å². The zero-order chi connectivity index (χ0) is 15.7. The summed E-state index contributed by atoms with van der Waals surface area (Å²) in [6.45, 7) is 6.12. The summed E-state index contributed by atoms with van der Waals surface area (Å²) in [4.78, 5) is 18.8. The Morgan fingerprint density at radius 3 is 2.91 bits per heavy atom. The van der Waals surface area contributed by atoms with Crippen molar-refractivity contribution < 1.29 is 9.32 Å². The number of anilines is 1. The van der Waals surface area contributed by atoms with Crippen molar-refractivity contribution in [1.82, 2.24) is 10.1 Å². The molecule has 22 heavy (non-hydrogen) atoms. The van der Waals surface area contributed by atoms with E-state index >= 15 is 0 Å². The standard InChI is InChI=1S/C17H21N3O2/c1-11(2)17-18-15(22-19-17)8-9-16(21)20-12(3)10-13-6-4-5-7-14(13)20/h4-7,11-12H,8-10H2,1-3H3/t12-/m1/s1. The van der Waals surface area contributed by atoms with Gasteiger partial charge in [-0.2, -0.15) is 4.98 Å². The summed E-state index contributed by atoms with van der Waals surface area (Å²) >= 11 is 0. The van der Waals surface area contributed by atoms with Crippen molar-refractivity contribution in [1.29, 1.82) is 0 Å². The molecule has 3 rings (SSSR count). The lowest BCUT2D eigenvalue weighted by Crippen LogP contribution is -2.35. The first-order valence-electron chi connectivity index (χ1n) is 7.78. The van der Waals surface area contributed by atoms with Gasteiger partial charge in [-0.15, -0.1) is 0 Å². The molecule has 1 atom stereocenters. The number of para-hydroxylation sites is 1. The number of benzene rings is 1. The Hall–Kier alpha value is -2.17. The average Bonchev–Trinajstić information content (AvgIpc) is 3.08. The first-order valence-corrected chi connectivity index (χ1v) is 7.78. The number of aromatic nitrogens is 2. The Morgan fingerprint density at radius 2 is 2.18 bits per heavy atom. The van der Waals surface area contributed by atoms with E-state index in [1.165, 1.54) is 5.56 Å². The fourth-order valence-electron chi connectivity index (χ4n) is 2.88. The second-order valence-corrected chi connectivity index (χ2v) is 6.15. The fourth-order valence-corrected chi connectivity index (χ4v) is 2.88. The summed E-state index contributed by atoms with van der Waals surface area (Å²) in [7, 11) is 0. The summed E-state index contributed by atoms with van der Waals surface area (Å²) in [6.07, 6.45) is 1.79. The molecule has 1 aromatic heterocycles. The number of rotatable bonds is 4. The molecule has 116 valence electrons. The minimum Gasteiger partial charge on any atom is -0.339 e. The highest BCUT2D eigenvalue weighted by Gasteiger charge is 2.30. The van der Waals surface area contributed by atoms with Crippen molar-refractivity contribution in [3.05, 3.63) is 41.5 Å². The molecule has 1 aliphatic rings. The van der Waals surface area contributed by atoms with E-state index in [4.69, 9.17) is 4.52 Å². The van der Waals surface area contributed by atoms with E-state index in [2.05, 4.69) is 23.1 Å². The number of carbonyl (C=O) groups is 1. The predicted octanol–water partition coefficient (Wildman–Crippen LogP) is 3.10. The first-order chi connectivity index (χ1) is 10.6. The van der Waals surface area contributed by atoms with E-state index in [1.807, 2.05) is 36.9 Å². The number of hydrogen-bond donors (Lipinski definition) is 0. The third-order valence-electron chi connectivity index (χ3n) is 4.03. The normalized spacial score (nSPS) is 17.1. The van der Waals surface area contributed by atoms with E-state index in [9.17, 15) is 4.79 Å². The zero-order valence-electron chi connectivity index (χ0n) is 13.2. The van der Waals surface area contributed by atoms with Crippen LogP contribution in [0.5, 0.6) is 0 Å². The van der Waals surface area contributed by atoms with Gasteiger partial charge in [0.05, 0.1) is 0 Å². The van der Waals surface area contributed by atoms with Crippen LogP contribution in [0.2, 0.25) is 0 Å². The van der Waals surface area contributed by atoms with Crippen LogP contribution in [-0.2, 0) is 17.6 Å². The molecule has 0 radical (unpaired) electrons. The summed E-state index contributed by atoms with van der Waals surface area (Å²) < 4.78 is 5.20. The summed E-state index contributed by atoms with van der Waals surface area (Å²) in [5, 5.41) is 3.93. The molecular formula is C17H21N3O2. The van der Waals surface area contributed by atoms with E-state index < -0.39 is 0 Å². The van der Waals surface area contributed by atoms with Gasteiger partial charge in [-0.1, -0.05) is 37.2 Å². The van der Waals surface area contributed by atoms with Gasteiger partial charge in [0.15, 0.2) is 5.82 Å². The van der Waals surface area contributed by atoms with Gasteiger partial charge in [-0.3, -0.25) is 4.79 Å². The lowest BCUT2D eigenvalue weighted by atomic mass is 10.1. The molecule has 0 saturated heterocycles. The Balaban J connectivity index is 1.67. The molecule has 0 spiro atoms. The molecule has 0 N–H and O–H groups in total. The maximum atomic E-state index is 12.6. The van der Waals surface area contributed by atoms with Gasteiger partial charge in [0.25, 0.3) is 0 Å². The van der Waals surface area contributed by atoms with Crippen LogP contribution in [0.25, 0.3) is 0 Å². The van der Waals surface area contributed by atoms with Crippen LogP contribution < -0.4 is 4.90 Å². The summed E-state index contributed by atoms with van der Waals surface area (Å²) in [5.74, 6) is 1.58. The highest BCUT2D eigenvalue weighted by molar-refractivity contribution is 5.96. The van der Waals surface area contributed by atoms with Crippen LogP contribution in [-0.4, -0.2) is 22.1 Å². The largest absolute Gasteiger partial charge is 0.339 e. The monoisotopic (exact) mass is 299 g/mol. The van der Waals surface area contributed by atoms with Crippen LogP contribution >= 0.6 is 0 Å². The van der Waals surface area contributed by atoms with Crippen LogP contribution in [0.15, 0.2) is 28.8 Å². The van der Waals surface area contributed by atoms with Gasteiger partial charge in [0.1, 0.15) is 0 Å². The lowest BCUT2D eigenvalue weighted by Gasteiger charge is -2.22. The van der Waals surface area contributed by atoms with Crippen molar-refractivity contribution >= 4 is 11.6 Å². The van der Waals surface area contributed by atoms with Crippen molar-refractivity contribution in [3.8, 4) is 0 Å². The number of carbonyl (C=O) groups excluding carboxylic acids is 1.